The van der Waals surface area contributed by atoms with E-state index >= 15 is 0 Å². The summed E-state index contributed by atoms with van der Waals surface area (Å²) in [5.74, 6) is -1.53. The molecule has 0 fully saturated rings. The first-order chi connectivity index (χ1) is 9.31. The van der Waals surface area contributed by atoms with Gasteiger partial charge in [0.15, 0.2) is 0 Å². The highest BCUT2D eigenvalue weighted by molar-refractivity contribution is 7.99. The molecular weight excluding hydrogens is 274 g/mol. The number of carbonyl (C=O) groups is 2. The first-order valence-electron chi connectivity index (χ1n) is 6.61. The van der Waals surface area contributed by atoms with Crippen molar-refractivity contribution in [1.29, 1.82) is 0 Å². The largest absolute Gasteiger partial charge is 0.480 e. The van der Waals surface area contributed by atoms with E-state index in [1.165, 1.54) is 0 Å². The second-order valence-electron chi connectivity index (χ2n) is 5.22. The minimum atomic E-state index is -1.01. The molecule has 0 aliphatic carbocycles. The molecule has 20 heavy (non-hydrogen) atoms. The van der Waals surface area contributed by atoms with Crippen molar-refractivity contribution in [2.24, 2.45) is 5.92 Å². The molecule has 0 heterocycles. The van der Waals surface area contributed by atoms with Gasteiger partial charge in [-0.15, -0.1) is 11.8 Å². The monoisotopic (exact) mass is 295 g/mol. The summed E-state index contributed by atoms with van der Waals surface area (Å²) in [6.07, 6.45) is 0. The van der Waals surface area contributed by atoms with Crippen LogP contribution in [0, 0.1) is 5.92 Å². The predicted octanol–water partition coefficient (Wildman–Crippen LogP) is 3.03. The van der Waals surface area contributed by atoms with E-state index in [0.717, 1.165) is 4.90 Å². The molecule has 1 rings (SSSR count). The lowest BCUT2D eigenvalue weighted by Crippen LogP contribution is -2.44. The van der Waals surface area contributed by atoms with Gasteiger partial charge < -0.3 is 10.4 Å². The van der Waals surface area contributed by atoms with E-state index in [1.807, 2.05) is 12.1 Å². The number of rotatable bonds is 6. The van der Waals surface area contributed by atoms with Crippen molar-refractivity contribution in [3.63, 3.8) is 0 Å². The van der Waals surface area contributed by atoms with E-state index in [9.17, 15) is 9.59 Å². The fraction of sp³-hybridized carbons (Fsp3) is 0.467. The Morgan fingerprint density at radius 2 is 1.65 bits per heavy atom. The van der Waals surface area contributed by atoms with Crippen molar-refractivity contribution in [2.75, 3.05) is 0 Å². The number of thioether (sulfide) groups is 1. The zero-order valence-electron chi connectivity index (χ0n) is 12.2. The third kappa shape index (κ3) is 4.89. The maximum atomic E-state index is 12.0. The van der Waals surface area contributed by atoms with Gasteiger partial charge in [0.1, 0.15) is 6.04 Å². The van der Waals surface area contributed by atoms with Crippen LogP contribution in [0.15, 0.2) is 29.2 Å². The average molecular weight is 295 g/mol. The molecule has 0 saturated heterocycles. The second-order valence-corrected chi connectivity index (χ2v) is 6.87. The van der Waals surface area contributed by atoms with Crippen molar-refractivity contribution in [2.45, 2.75) is 43.9 Å². The lowest BCUT2D eigenvalue weighted by Gasteiger charge is -2.18. The molecule has 1 aromatic rings. The number of hydrogen-bond donors (Lipinski definition) is 2. The first-order valence-corrected chi connectivity index (χ1v) is 7.49. The molecule has 4 nitrogen and oxygen atoms in total. The van der Waals surface area contributed by atoms with Crippen LogP contribution in [0.2, 0.25) is 0 Å². The number of benzene rings is 1. The molecule has 5 heteroatoms. The Labute approximate surface area is 124 Å². The molecule has 0 unspecified atom stereocenters. The van der Waals surface area contributed by atoms with Crippen LogP contribution in [0.25, 0.3) is 0 Å². The quantitative estimate of drug-likeness (QED) is 0.792. The van der Waals surface area contributed by atoms with Gasteiger partial charge in [-0.25, -0.2) is 4.79 Å². The molecule has 0 spiro atoms. The molecule has 0 saturated carbocycles. The smallest absolute Gasteiger partial charge is 0.326 e. The van der Waals surface area contributed by atoms with E-state index in [4.69, 9.17) is 5.11 Å². The van der Waals surface area contributed by atoms with Crippen molar-refractivity contribution < 1.29 is 14.7 Å². The summed E-state index contributed by atoms with van der Waals surface area (Å²) in [5.41, 5.74) is 0.477. The molecule has 0 aliphatic heterocycles. The Morgan fingerprint density at radius 3 is 2.05 bits per heavy atom. The van der Waals surface area contributed by atoms with Gasteiger partial charge in [-0.1, -0.05) is 27.7 Å². The maximum absolute atomic E-state index is 12.0. The number of nitrogens with one attached hydrogen (secondary N) is 1. The molecule has 110 valence electrons. The number of aliphatic carboxylic acids is 1. The Kier molecular flexibility index (Phi) is 6.07. The number of carbonyl (C=O) groups excluding carboxylic acids is 1. The topological polar surface area (TPSA) is 66.4 Å². The van der Waals surface area contributed by atoms with Gasteiger partial charge in [0.05, 0.1) is 0 Å². The summed E-state index contributed by atoms with van der Waals surface area (Å²) in [5, 5.41) is 12.1. The van der Waals surface area contributed by atoms with Crippen LogP contribution < -0.4 is 5.32 Å². The lowest BCUT2D eigenvalue weighted by atomic mass is 10.0. The van der Waals surface area contributed by atoms with Crippen LogP contribution in [0.3, 0.4) is 0 Å². The normalized spacial score (nSPS) is 12.5. The summed E-state index contributed by atoms with van der Waals surface area (Å²) < 4.78 is 0. The Hall–Kier alpha value is -1.49. The van der Waals surface area contributed by atoms with Gasteiger partial charge in [-0.05, 0) is 30.2 Å². The van der Waals surface area contributed by atoms with Crippen molar-refractivity contribution >= 4 is 23.6 Å². The van der Waals surface area contributed by atoms with Crippen molar-refractivity contribution in [1.82, 2.24) is 5.32 Å². The average Bonchev–Trinajstić information content (AvgIpc) is 2.35. The van der Waals surface area contributed by atoms with Crippen molar-refractivity contribution in [3.05, 3.63) is 29.8 Å². The van der Waals surface area contributed by atoms with Crippen LogP contribution in [0.5, 0.6) is 0 Å². The van der Waals surface area contributed by atoms with Gasteiger partial charge in [-0.2, -0.15) is 0 Å². The van der Waals surface area contributed by atoms with E-state index in [2.05, 4.69) is 19.2 Å². The number of hydrogen-bond acceptors (Lipinski definition) is 3. The molecule has 0 aliphatic rings. The Bertz CT molecular complexity index is 469. The summed E-state index contributed by atoms with van der Waals surface area (Å²) in [6.45, 7) is 7.74. The first kappa shape index (κ1) is 16.6. The van der Waals surface area contributed by atoms with Crippen LogP contribution in [-0.4, -0.2) is 28.3 Å². The highest BCUT2D eigenvalue weighted by Gasteiger charge is 2.23. The number of carboxylic acids is 1. The van der Waals surface area contributed by atoms with Gasteiger partial charge >= 0.3 is 5.97 Å². The van der Waals surface area contributed by atoms with E-state index in [-0.39, 0.29) is 11.8 Å². The standard InChI is InChI=1S/C15H21NO3S/c1-9(2)13(15(18)19)16-14(17)11-5-7-12(8-6-11)20-10(3)4/h5-10,13H,1-4H3,(H,16,17)(H,18,19)/t13-/m0/s1. The van der Waals surface area contributed by atoms with Crippen LogP contribution in [-0.2, 0) is 4.79 Å². The predicted molar refractivity (Wildman–Crippen MR) is 81.2 cm³/mol. The minimum Gasteiger partial charge on any atom is -0.480 e. The fourth-order valence-corrected chi connectivity index (χ4v) is 2.53. The fourth-order valence-electron chi connectivity index (χ4n) is 1.70. The van der Waals surface area contributed by atoms with Crippen molar-refractivity contribution in [3.8, 4) is 0 Å². The molecule has 0 bridgehead atoms. The third-order valence-corrected chi connectivity index (χ3v) is 3.72. The van der Waals surface area contributed by atoms with Gasteiger partial charge in [-0.3, -0.25) is 4.79 Å². The summed E-state index contributed by atoms with van der Waals surface area (Å²) in [6, 6.07) is 6.33. The van der Waals surface area contributed by atoms with Crippen LogP contribution in [0.4, 0.5) is 0 Å². The van der Waals surface area contributed by atoms with E-state index in [0.29, 0.717) is 10.8 Å². The summed E-state index contributed by atoms with van der Waals surface area (Å²) >= 11 is 1.72. The van der Waals surface area contributed by atoms with Crippen LogP contribution >= 0.6 is 11.8 Å². The Balaban J connectivity index is 2.74. The minimum absolute atomic E-state index is 0.160. The SMILES string of the molecule is CC(C)Sc1ccc(C(=O)N[C@H](C(=O)O)C(C)C)cc1. The van der Waals surface area contributed by atoms with E-state index in [1.54, 1.807) is 37.7 Å². The molecule has 2 N–H and O–H groups in total. The maximum Gasteiger partial charge on any atom is 0.326 e. The summed E-state index contributed by atoms with van der Waals surface area (Å²) in [4.78, 5) is 24.2. The second kappa shape index (κ2) is 7.33. The zero-order valence-corrected chi connectivity index (χ0v) is 13.0. The lowest BCUT2D eigenvalue weighted by molar-refractivity contribution is -0.140. The molecular formula is C15H21NO3S. The van der Waals surface area contributed by atoms with Gasteiger partial charge in [0.25, 0.3) is 5.91 Å². The molecule has 1 amide bonds. The van der Waals surface area contributed by atoms with Gasteiger partial charge in [0.2, 0.25) is 0 Å². The third-order valence-electron chi connectivity index (χ3n) is 2.71. The Morgan fingerprint density at radius 1 is 1.10 bits per heavy atom. The highest BCUT2D eigenvalue weighted by atomic mass is 32.2. The number of amides is 1. The highest BCUT2D eigenvalue weighted by Crippen LogP contribution is 2.22. The van der Waals surface area contributed by atoms with Gasteiger partial charge in [0, 0.05) is 15.7 Å². The zero-order chi connectivity index (χ0) is 15.3. The molecule has 0 aromatic heterocycles. The molecule has 0 radical (unpaired) electrons. The van der Waals surface area contributed by atoms with Crippen LogP contribution in [0.1, 0.15) is 38.1 Å². The molecule has 1 atom stereocenters. The summed E-state index contributed by atoms with van der Waals surface area (Å²) in [7, 11) is 0. The number of carboxylic acid groups (broad SMARTS) is 1. The van der Waals surface area contributed by atoms with E-state index < -0.39 is 12.0 Å². The molecule has 1 aromatic carbocycles.